The molecule has 8 heteroatoms. The van der Waals surface area contributed by atoms with Gasteiger partial charge < -0.3 is 10.6 Å². The van der Waals surface area contributed by atoms with Gasteiger partial charge in [0.05, 0.1) is 5.69 Å². The number of benzene rings is 2. The van der Waals surface area contributed by atoms with Crippen LogP contribution in [0.15, 0.2) is 53.9 Å². The number of anilines is 1. The van der Waals surface area contributed by atoms with Crippen LogP contribution >= 0.6 is 11.3 Å². The molecule has 3 aromatic rings. The van der Waals surface area contributed by atoms with Crippen molar-refractivity contribution in [3.8, 4) is 11.3 Å². The fraction of sp³-hybridized carbons (Fsp3) is 0.190. The van der Waals surface area contributed by atoms with Crippen LogP contribution in [0.25, 0.3) is 11.3 Å². The number of amides is 2. The average molecular weight is 415 g/mol. The number of hydrogen-bond donors (Lipinski definition) is 2. The fourth-order valence-corrected chi connectivity index (χ4v) is 3.38. The molecule has 2 aromatic carbocycles. The lowest BCUT2D eigenvalue weighted by Gasteiger charge is -2.21. The van der Waals surface area contributed by atoms with Crippen LogP contribution in [-0.4, -0.2) is 22.8 Å². The molecular weight excluding hydrogens is 396 g/mol. The zero-order valence-corrected chi connectivity index (χ0v) is 16.6. The summed E-state index contributed by atoms with van der Waals surface area (Å²) in [5.41, 5.74) is 1.40. The maximum absolute atomic E-state index is 13.4. The highest BCUT2D eigenvalue weighted by molar-refractivity contribution is 7.14. The van der Waals surface area contributed by atoms with Crippen LogP contribution in [0.1, 0.15) is 24.2 Å². The number of aromatic nitrogens is 1. The molecule has 0 spiro atoms. The van der Waals surface area contributed by atoms with Crippen molar-refractivity contribution < 1.29 is 18.4 Å². The number of halogens is 2. The van der Waals surface area contributed by atoms with E-state index in [1.807, 2.05) is 0 Å². The summed E-state index contributed by atoms with van der Waals surface area (Å²) in [5.74, 6) is -1.90. The van der Waals surface area contributed by atoms with Crippen molar-refractivity contribution in [2.45, 2.75) is 19.9 Å². The molecular formula is C21H19F2N3O2S. The Morgan fingerprint density at radius 2 is 1.76 bits per heavy atom. The van der Waals surface area contributed by atoms with Crippen molar-refractivity contribution >= 4 is 28.3 Å². The first-order valence-electron chi connectivity index (χ1n) is 8.92. The Kier molecular flexibility index (Phi) is 6.33. The van der Waals surface area contributed by atoms with Crippen molar-refractivity contribution in [3.05, 3.63) is 71.1 Å². The van der Waals surface area contributed by atoms with Crippen LogP contribution in [0.5, 0.6) is 0 Å². The van der Waals surface area contributed by atoms with Gasteiger partial charge in [-0.1, -0.05) is 26.0 Å². The standard InChI is InChI=1S/C21H19F2N3O2S/c1-12(2)18(25-19(27)13-6-8-15(22)9-7-13)20(28)26-21-24-17(11-29-21)14-4-3-5-16(23)10-14/h3-12,18H,1-2H3,(H,25,27)(H,24,26,28). The van der Waals surface area contributed by atoms with Crippen LogP contribution in [-0.2, 0) is 4.79 Å². The summed E-state index contributed by atoms with van der Waals surface area (Å²) < 4.78 is 26.4. The minimum Gasteiger partial charge on any atom is -0.340 e. The number of nitrogens with zero attached hydrogens (tertiary/aromatic N) is 1. The molecule has 1 unspecified atom stereocenters. The number of thiazole rings is 1. The molecule has 0 radical (unpaired) electrons. The summed E-state index contributed by atoms with van der Waals surface area (Å²) in [7, 11) is 0. The van der Waals surface area contributed by atoms with Crippen molar-refractivity contribution in [1.82, 2.24) is 10.3 Å². The molecule has 0 aliphatic rings. The maximum atomic E-state index is 13.4. The second-order valence-electron chi connectivity index (χ2n) is 6.74. The fourth-order valence-electron chi connectivity index (χ4n) is 2.66. The largest absolute Gasteiger partial charge is 0.340 e. The van der Waals surface area contributed by atoms with Gasteiger partial charge in [0.2, 0.25) is 5.91 Å². The molecule has 3 rings (SSSR count). The molecule has 1 aromatic heterocycles. The predicted molar refractivity (Wildman–Crippen MR) is 109 cm³/mol. The van der Waals surface area contributed by atoms with Crippen LogP contribution in [0.3, 0.4) is 0 Å². The second-order valence-corrected chi connectivity index (χ2v) is 7.60. The molecule has 150 valence electrons. The van der Waals surface area contributed by atoms with Crippen LogP contribution in [0.4, 0.5) is 13.9 Å². The lowest BCUT2D eigenvalue weighted by Crippen LogP contribution is -2.47. The monoisotopic (exact) mass is 415 g/mol. The SMILES string of the molecule is CC(C)C(NC(=O)c1ccc(F)cc1)C(=O)Nc1nc(-c2cccc(F)c2)cs1. The number of rotatable bonds is 6. The third-order valence-electron chi connectivity index (χ3n) is 4.20. The predicted octanol–water partition coefficient (Wildman–Crippen LogP) is 4.48. The smallest absolute Gasteiger partial charge is 0.251 e. The van der Waals surface area contributed by atoms with E-state index < -0.39 is 23.7 Å². The first-order chi connectivity index (χ1) is 13.8. The van der Waals surface area contributed by atoms with E-state index in [1.54, 1.807) is 31.4 Å². The van der Waals surface area contributed by atoms with E-state index in [1.165, 1.54) is 47.7 Å². The Labute approximate surface area is 170 Å². The summed E-state index contributed by atoms with van der Waals surface area (Å²) in [6.45, 7) is 3.60. The highest BCUT2D eigenvalue weighted by atomic mass is 32.1. The Balaban J connectivity index is 1.70. The Morgan fingerprint density at radius 3 is 2.41 bits per heavy atom. The lowest BCUT2D eigenvalue weighted by atomic mass is 10.0. The van der Waals surface area contributed by atoms with E-state index in [0.29, 0.717) is 16.4 Å². The van der Waals surface area contributed by atoms with Crippen LogP contribution in [0.2, 0.25) is 0 Å². The molecule has 5 nitrogen and oxygen atoms in total. The first-order valence-corrected chi connectivity index (χ1v) is 9.80. The molecule has 0 saturated carbocycles. The summed E-state index contributed by atoms with van der Waals surface area (Å²) in [4.78, 5) is 29.4. The minimum atomic E-state index is -0.811. The molecule has 2 N–H and O–H groups in total. The normalized spacial score (nSPS) is 11.9. The molecule has 0 aliphatic heterocycles. The Morgan fingerprint density at radius 1 is 1.03 bits per heavy atom. The molecule has 0 fully saturated rings. The van der Waals surface area contributed by atoms with E-state index in [-0.39, 0.29) is 17.3 Å². The summed E-state index contributed by atoms with van der Waals surface area (Å²) in [6, 6.07) is 10.3. The molecule has 0 bridgehead atoms. The molecule has 0 aliphatic carbocycles. The van der Waals surface area contributed by atoms with Crippen LogP contribution in [0, 0.1) is 17.6 Å². The van der Waals surface area contributed by atoms with E-state index in [2.05, 4.69) is 15.6 Å². The molecule has 1 atom stereocenters. The molecule has 0 saturated heterocycles. The van der Waals surface area contributed by atoms with Gasteiger partial charge in [0, 0.05) is 16.5 Å². The van der Waals surface area contributed by atoms with E-state index in [4.69, 9.17) is 0 Å². The molecule has 29 heavy (non-hydrogen) atoms. The van der Waals surface area contributed by atoms with Gasteiger partial charge in [-0.3, -0.25) is 9.59 Å². The van der Waals surface area contributed by atoms with E-state index in [9.17, 15) is 18.4 Å². The quantitative estimate of drug-likeness (QED) is 0.624. The number of carbonyl (C=O) groups excluding carboxylic acids is 2. The third kappa shape index (κ3) is 5.23. The highest BCUT2D eigenvalue weighted by Gasteiger charge is 2.25. The van der Waals surface area contributed by atoms with E-state index >= 15 is 0 Å². The van der Waals surface area contributed by atoms with Gasteiger partial charge in [-0.05, 0) is 42.3 Å². The topological polar surface area (TPSA) is 71.1 Å². The zero-order valence-electron chi connectivity index (χ0n) is 15.8. The molecule has 1 heterocycles. The Hall–Kier alpha value is -3.13. The van der Waals surface area contributed by atoms with Gasteiger partial charge in [-0.2, -0.15) is 0 Å². The van der Waals surface area contributed by atoms with Crippen molar-refractivity contribution in [3.63, 3.8) is 0 Å². The number of hydrogen-bond acceptors (Lipinski definition) is 4. The average Bonchev–Trinajstić information content (AvgIpc) is 3.14. The maximum Gasteiger partial charge on any atom is 0.251 e. The van der Waals surface area contributed by atoms with Gasteiger partial charge in [-0.25, -0.2) is 13.8 Å². The second kappa shape index (κ2) is 8.91. The summed E-state index contributed by atoms with van der Waals surface area (Å²) in [5, 5.41) is 7.42. The van der Waals surface area contributed by atoms with Gasteiger partial charge in [0.25, 0.3) is 5.91 Å². The van der Waals surface area contributed by atoms with Gasteiger partial charge in [0.15, 0.2) is 5.13 Å². The first kappa shape index (κ1) is 20.6. The summed E-state index contributed by atoms with van der Waals surface area (Å²) in [6.07, 6.45) is 0. The lowest BCUT2D eigenvalue weighted by molar-refractivity contribution is -0.118. The van der Waals surface area contributed by atoms with Crippen molar-refractivity contribution in [2.75, 3.05) is 5.32 Å². The number of carbonyl (C=O) groups is 2. The van der Waals surface area contributed by atoms with Gasteiger partial charge in [0.1, 0.15) is 17.7 Å². The minimum absolute atomic E-state index is 0.193. The summed E-state index contributed by atoms with van der Waals surface area (Å²) >= 11 is 1.20. The highest BCUT2D eigenvalue weighted by Crippen LogP contribution is 2.25. The van der Waals surface area contributed by atoms with E-state index in [0.717, 1.165) is 0 Å². The molecule has 2 amide bonds. The zero-order chi connectivity index (χ0) is 21.0. The number of nitrogens with one attached hydrogen (secondary N) is 2. The third-order valence-corrected chi connectivity index (χ3v) is 4.95. The van der Waals surface area contributed by atoms with Crippen LogP contribution < -0.4 is 10.6 Å². The van der Waals surface area contributed by atoms with Crippen molar-refractivity contribution in [1.29, 1.82) is 0 Å². The van der Waals surface area contributed by atoms with Gasteiger partial charge >= 0.3 is 0 Å². The Bertz CT molecular complexity index is 1020. The van der Waals surface area contributed by atoms with Crippen molar-refractivity contribution in [2.24, 2.45) is 5.92 Å². The van der Waals surface area contributed by atoms with Gasteiger partial charge in [-0.15, -0.1) is 11.3 Å².